The zero-order valence-electron chi connectivity index (χ0n) is 15.7. The summed E-state index contributed by atoms with van der Waals surface area (Å²) in [4.78, 5) is 11.8. The van der Waals surface area contributed by atoms with Gasteiger partial charge in [-0.1, -0.05) is 19.6 Å². The number of nitrogens with two attached hydrogens (primary N) is 1. The van der Waals surface area contributed by atoms with E-state index < -0.39 is 29.0 Å². The van der Waals surface area contributed by atoms with Crippen LogP contribution in [0.2, 0.25) is 0 Å². The second kappa shape index (κ2) is 9.54. The summed E-state index contributed by atoms with van der Waals surface area (Å²) in [5.41, 5.74) is 5.16. The highest BCUT2D eigenvalue weighted by atomic mass is 32.2. The molecule has 2 aromatic rings. The van der Waals surface area contributed by atoms with Gasteiger partial charge < -0.3 is 15.4 Å². The molecule has 1 amide bonds. The van der Waals surface area contributed by atoms with E-state index in [1.54, 1.807) is 23.5 Å². The van der Waals surface area contributed by atoms with Crippen molar-refractivity contribution in [3.8, 4) is 0 Å². The zero-order valence-corrected chi connectivity index (χ0v) is 16.5. The van der Waals surface area contributed by atoms with Crippen LogP contribution in [0.1, 0.15) is 34.8 Å². The van der Waals surface area contributed by atoms with Crippen LogP contribution in [0, 0.1) is 24.4 Å². The van der Waals surface area contributed by atoms with Gasteiger partial charge in [0.1, 0.15) is 5.82 Å². The van der Waals surface area contributed by atoms with Crippen LogP contribution >= 0.6 is 11.9 Å². The third-order valence-electron chi connectivity index (χ3n) is 3.97. The molecule has 0 radical (unpaired) electrons. The summed E-state index contributed by atoms with van der Waals surface area (Å²) in [6.45, 7) is 8.03. The van der Waals surface area contributed by atoms with Crippen molar-refractivity contribution in [1.29, 1.82) is 0 Å². The lowest BCUT2D eigenvalue weighted by Gasteiger charge is -2.19. The maximum Gasteiger partial charge on any atom is 0.250 e. The Kier molecular flexibility index (Phi) is 7.39. The van der Waals surface area contributed by atoms with Crippen molar-refractivity contribution >= 4 is 29.2 Å². The minimum Gasteiger partial charge on any atom is -0.366 e. The molecule has 0 aliphatic rings. The standard InChI is InChI=1S/C20H22F3N3OS/c1-4-8-26(5-2)28-11-13-10-14(20(24)27)19(18(23)17(13)22)25-16-7-6-12(3)9-15(16)21/h5-7,9-10,25H,2,4,8,11H2,1,3H3,(H2,24,27). The van der Waals surface area contributed by atoms with E-state index in [9.17, 15) is 18.0 Å². The molecule has 0 spiro atoms. The van der Waals surface area contributed by atoms with Gasteiger partial charge in [0.2, 0.25) is 0 Å². The molecule has 0 bridgehead atoms. The fraction of sp³-hybridized carbons (Fsp3) is 0.250. The van der Waals surface area contributed by atoms with Crippen LogP contribution in [0.3, 0.4) is 0 Å². The van der Waals surface area contributed by atoms with Gasteiger partial charge in [-0.25, -0.2) is 13.2 Å². The van der Waals surface area contributed by atoms with E-state index in [1.165, 1.54) is 30.1 Å². The van der Waals surface area contributed by atoms with Gasteiger partial charge in [-0.2, -0.15) is 0 Å². The largest absolute Gasteiger partial charge is 0.366 e. The number of halogens is 3. The average Bonchev–Trinajstić information content (AvgIpc) is 2.65. The van der Waals surface area contributed by atoms with E-state index in [0.717, 1.165) is 6.42 Å². The summed E-state index contributed by atoms with van der Waals surface area (Å²) in [6.07, 6.45) is 2.45. The van der Waals surface area contributed by atoms with E-state index in [-0.39, 0.29) is 22.6 Å². The lowest BCUT2D eigenvalue weighted by atomic mass is 10.1. The molecule has 0 fully saturated rings. The third kappa shape index (κ3) is 5.01. The molecule has 4 nitrogen and oxygen atoms in total. The Labute approximate surface area is 166 Å². The number of aryl methyl sites for hydroxylation is 1. The van der Waals surface area contributed by atoms with Crippen LogP contribution in [0.4, 0.5) is 24.5 Å². The summed E-state index contributed by atoms with van der Waals surface area (Å²) < 4.78 is 45.2. The minimum atomic E-state index is -1.28. The van der Waals surface area contributed by atoms with Gasteiger partial charge in [-0.15, -0.1) is 0 Å². The number of carbonyl (C=O) groups excluding carboxylic acids is 1. The van der Waals surface area contributed by atoms with Crippen molar-refractivity contribution in [1.82, 2.24) is 4.31 Å². The van der Waals surface area contributed by atoms with Crippen LogP contribution in [-0.2, 0) is 5.75 Å². The molecule has 0 unspecified atom stereocenters. The molecular weight excluding hydrogens is 387 g/mol. The predicted molar refractivity (Wildman–Crippen MR) is 108 cm³/mol. The Morgan fingerprint density at radius 1 is 1.29 bits per heavy atom. The molecular formula is C20H22F3N3OS. The molecule has 0 aliphatic carbocycles. The fourth-order valence-corrected chi connectivity index (χ4v) is 3.47. The van der Waals surface area contributed by atoms with Gasteiger partial charge in [0.25, 0.3) is 5.91 Å². The molecule has 0 aromatic heterocycles. The highest BCUT2D eigenvalue weighted by Crippen LogP contribution is 2.32. The number of benzene rings is 2. The number of primary amides is 1. The van der Waals surface area contributed by atoms with Crippen molar-refractivity contribution in [2.75, 3.05) is 11.9 Å². The number of rotatable bonds is 9. The smallest absolute Gasteiger partial charge is 0.250 e. The highest BCUT2D eigenvalue weighted by molar-refractivity contribution is 7.96. The van der Waals surface area contributed by atoms with Crippen molar-refractivity contribution in [3.63, 3.8) is 0 Å². The molecule has 0 saturated carbocycles. The van der Waals surface area contributed by atoms with E-state index >= 15 is 0 Å². The van der Waals surface area contributed by atoms with Crippen molar-refractivity contribution in [2.24, 2.45) is 5.73 Å². The quantitative estimate of drug-likeness (QED) is 0.555. The van der Waals surface area contributed by atoms with E-state index in [0.29, 0.717) is 12.1 Å². The molecule has 8 heteroatoms. The first-order valence-corrected chi connectivity index (χ1v) is 9.58. The molecule has 0 heterocycles. The summed E-state index contributed by atoms with van der Waals surface area (Å²) in [6, 6.07) is 5.41. The minimum absolute atomic E-state index is 0.0193. The van der Waals surface area contributed by atoms with E-state index in [4.69, 9.17) is 5.73 Å². The first kappa shape index (κ1) is 21.7. The van der Waals surface area contributed by atoms with Crippen molar-refractivity contribution < 1.29 is 18.0 Å². The zero-order chi connectivity index (χ0) is 20.8. The normalized spacial score (nSPS) is 10.6. The number of amides is 1. The molecule has 150 valence electrons. The molecule has 28 heavy (non-hydrogen) atoms. The SMILES string of the molecule is C=CN(CCC)SCc1cc(C(N)=O)c(Nc2ccc(C)cc2F)c(F)c1F. The third-order valence-corrected chi connectivity index (χ3v) is 5.07. The summed E-state index contributed by atoms with van der Waals surface area (Å²) >= 11 is 1.23. The molecule has 2 aromatic carbocycles. The maximum atomic E-state index is 14.7. The van der Waals surface area contributed by atoms with Gasteiger partial charge in [0.05, 0.1) is 16.9 Å². The lowest BCUT2D eigenvalue weighted by Crippen LogP contribution is -2.17. The number of hydrogen-bond donors (Lipinski definition) is 2. The van der Waals surface area contributed by atoms with E-state index in [1.807, 2.05) is 6.92 Å². The van der Waals surface area contributed by atoms with Crippen LogP contribution in [0.25, 0.3) is 0 Å². The number of nitrogens with zero attached hydrogens (tertiary/aromatic N) is 1. The summed E-state index contributed by atoms with van der Waals surface area (Å²) in [7, 11) is 0. The van der Waals surface area contributed by atoms with Gasteiger partial charge in [0.15, 0.2) is 11.6 Å². The average molecular weight is 409 g/mol. The number of hydrogen-bond acceptors (Lipinski definition) is 4. The number of anilines is 2. The molecule has 2 rings (SSSR count). The summed E-state index contributed by atoms with van der Waals surface area (Å²) in [5, 5.41) is 2.46. The monoisotopic (exact) mass is 409 g/mol. The van der Waals surface area contributed by atoms with Crippen LogP contribution in [-0.4, -0.2) is 16.8 Å². The predicted octanol–water partition coefficient (Wildman–Crippen LogP) is 5.26. The Morgan fingerprint density at radius 2 is 2.00 bits per heavy atom. The van der Waals surface area contributed by atoms with Crippen LogP contribution in [0.15, 0.2) is 37.0 Å². The highest BCUT2D eigenvalue weighted by Gasteiger charge is 2.22. The van der Waals surface area contributed by atoms with Crippen molar-refractivity contribution in [3.05, 3.63) is 71.2 Å². The van der Waals surface area contributed by atoms with Gasteiger partial charge in [-0.05, 0) is 49.1 Å². The van der Waals surface area contributed by atoms with Gasteiger partial charge in [-0.3, -0.25) is 4.79 Å². The van der Waals surface area contributed by atoms with Gasteiger partial charge >= 0.3 is 0 Å². The molecule has 3 N–H and O–H groups in total. The lowest BCUT2D eigenvalue weighted by molar-refractivity contribution is 0.100. The van der Waals surface area contributed by atoms with E-state index in [2.05, 4.69) is 11.9 Å². The Morgan fingerprint density at radius 3 is 2.57 bits per heavy atom. The second-order valence-corrected chi connectivity index (χ2v) is 7.17. The first-order valence-electron chi connectivity index (χ1n) is 8.64. The molecule has 0 saturated heterocycles. The number of nitrogens with one attached hydrogen (secondary N) is 1. The molecule has 0 aliphatic heterocycles. The van der Waals surface area contributed by atoms with Gasteiger partial charge in [0, 0.05) is 24.1 Å². The van der Waals surface area contributed by atoms with Crippen molar-refractivity contribution in [2.45, 2.75) is 26.0 Å². The summed E-state index contributed by atoms with van der Waals surface area (Å²) in [5.74, 6) is -3.93. The maximum absolute atomic E-state index is 14.7. The van der Waals surface area contributed by atoms with Crippen LogP contribution in [0.5, 0.6) is 0 Å². The Balaban J connectivity index is 2.40. The first-order chi connectivity index (χ1) is 13.3. The second-order valence-electron chi connectivity index (χ2n) is 6.16. The Bertz CT molecular complexity index is 889. The van der Waals surface area contributed by atoms with Crippen LogP contribution < -0.4 is 11.1 Å². The Hall–Kier alpha value is -2.61. The topological polar surface area (TPSA) is 58.4 Å². The molecule has 0 atom stereocenters. The number of carbonyl (C=O) groups is 1. The fourth-order valence-electron chi connectivity index (χ4n) is 2.54.